The molecule has 1 aromatic heterocycles. The van der Waals surface area contributed by atoms with Gasteiger partial charge in [0, 0.05) is 17.3 Å². The topological polar surface area (TPSA) is 45.9 Å². The molecule has 0 fully saturated rings. The molecule has 0 aliphatic carbocycles. The molecule has 1 heterocycles. The highest BCUT2D eigenvalue weighted by molar-refractivity contribution is 5.64. The van der Waals surface area contributed by atoms with Crippen LogP contribution < -0.4 is 4.74 Å². The molecule has 0 saturated heterocycles. The number of ether oxygens (including phenoxy) is 1. The van der Waals surface area contributed by atoms with Crippen LogP contribution in [0.1, 0.15) is 5.56 Å². The minimum absolute atomic E-state index is 0.227. The van der Waals surface area contributed by atoms with Crippen LogP contribution in [-0.4, -0.2) is 12.1 Å². The van der Waals surface area contributed by atoms with Crippen LogP contribution in [-0.2, 0) is 6.42 Å². The van der Waals surface area contributed by atoms with Crippen LogP contribution in [0.4, 0.5) is 4.39 Å². The predicted octanol–water partition coefficient (Wildman–Crippen LogP) is 2.96. The summed E-state index contributed by atoms with van der Waals surface area (Å²) in [4.78, 5) is 4.15. The molecule has 4 heteroatoms. The van der Waals surface area contributed by atoms with Gasteiger partial charge in [-0.15, -0.1) is 0 Å². The Balaban J connectivity index is 2.43. The third kappa shape index (κ3) is 2.46. The van der Waals surface area contributed by atoms with Crippen molar-refractivity contribution in [1.82, 2.24) is 4.98 Å². The quantitative estimate of drug-likeness (QED) is 0.831. The number of halogens is 1. The molecule has 1 aromatic carbocycles. The fourth-order valence-corrected chi connectivity index (χ4v) is 1.69. The Morgan fingerprint density at radius 2 is 2.00 bits per heavy atom. The second-order valence-electron chi connectivity index (χ2n) is 3.73. The summed E-state index contributed by atoms with van der Waals surface area (Å²) in [6.45, 7) is 0. The number of hydrogen-bond donors (Lipinski definition) is 0. The largest absolute Gasteiger partial charge is 0.481 e. The number of nitrogens with zero attached hydrogens (tertiary/aromatic N) is 2. The summed E-state index contributed by atoms with van der Waals surface area (Å²) in [5.41, 5.74) is 2.41. The zero-order valence-corrected chi connectivity index (χ0v) is 9.85. The lowest BCUT2D eigenvalue weighted by Gasteiger charge is -2.07. The molecule has 2 rings (SSSR count). The van der Waals surface area contributed by atoms with Gasteiger partial charge in [-0.25, -0.2) is 9.37 Å². The minimum atomic E-state index is -0.280. The Labute approximate surface area is 104 Å². The molecule has 0 aliphatic heterocycles. The van der Waals surface area contributed by atoms with E-state index in [1.54, 1.807) is 18.3 Å². The summed E-state index contributed by atoms with van der Waals surface area (Å²) >= 11 is 0. The Hall–Kier alpha value is -2.41. The van der Waals surface area contributed by atoms with E-state index in [4.69, 9.17) is 10.00 Å². The summed E-state index contributed by atoms with van der Waals surface area (Å²) in [7, 11) is 1.51. The average molecular weight is 242 g/mol. The third-order valence-electron chi connectivity index (χ3n) is 2.57. The maximum atomic E-state index is 12.8. The van der Waals surface area contributed by atoms with Gasteiger partial charge in [-0.3, -0.25) is 0 Å². The van der Waals surface area contributed by atoms with Gasteiger partial charge in [0.15, 0.2) is 0 Å². The zero-order valence-electron chi connectivity index (χ0n) is 9.85. The fraction of sp³-hybridized carbons (Fsp3) is 0.143. The van der Waals surface area contributed by atoms with E-state index in [2.05, 4.69) is 11.1 Å². The first-order chi connectivity index (χ1) is 8.74. The van der Waals surface area contributed by atoms with Crippen molar-refractivity contribution >= 4 is 0 Å². The van der Waals surface area contributed by atoms with Crippen molar-refractivity contribution in [3.63, 3.8) is 0 Å². The first-order valence-electron chi connectivity index (χ1n) is 5.40. The summed E-state index contributed by atoms with van der Waals surface area (Å²) in [6, 6.07) is 10.0. The molecule has 2 aromatic rings. The van der Waals surface area contributed by atoms with E-state index in [0.717, 1.165) is 16.7 Å². The highest BCUT2D eigenvalue weighted by Gasteiger charge is 2.07. The summed E-state index contributed by atoms with van der Waals surface area (Å²) in [6.07, 6.45) is 1.87. The molecule has 0 aliphatic rings. The monoisotopic (exact) mass is 242 g/mol. The van der Waals surface area contributed by atoms with E-state index in [-0.39, 0.29) is 12.2 Å². The van der Waals surface area contributed by atoms with E-state index in [9.17, 15) is 4.39 Å². The van der Waals surface area contributed by atoms with Crippen molar-refractivity contribution in [2.75, 3.05) is 7.11 Å². The smallest absolute Gasteiger partial charge is 0.217 e. The Morgan fingerprint density at radius 3 is 2.61 bits per heavy atom. The van der Waals surface area contributed by atoms with Crippen LogP contribution >= 0.6 is 0 Å². The molecule has 0 atom stereocenters. The molecular formula is C14H11FN2O. The molecule has 0 unspecified atom stereocenters. The van der Waals surface area contributed by atoms with Gasteiger partial charge in [0.05, 0.1) is 19.6 Å². The van der Waals surface area contributed by atoms with E-state index >= 15 is 0 Å². The standard InChI is InChI=1S/C14H11FN2O/c1-18-14-11(6-7-16)8-12(9-17-14)10-2-4-13(15)5-3-10/h2-5,8-9H,6H2,1H3. The highest BCUT2D eigenvalue weighted by atomic mass is 19.1. The van der Waals surface area contributed by atoms with Crippen LogP contribution in [0.2, 0.25) is 0 Å². The van der Waals surface area contributed by atoms with E-state index in [0.29, 0.717) is 5.88 Å². The van der Waals surface area contributed by atoms with Gasteiger partial charge in [-0.2, -0.15) is 5.26 Å². The summed E-state index contributed by atoms with van der Waals surface area (Å²) < 4.78 is 17.9. The lowest BCUT2D eigenvalue weighted by Crippen LogP contribution is -1.95. The van der Waals surface area contributed by atoms with E-state index in [1.807, 2.05) is 6.07 Å². The van der Waals surface area contributed by atoms with Gasteiger partial charge >= 0.3 is 0 Å². The zero-order chi connectivity index (χ0) is 13.0. The Kier molecular flexibility index (Phi) is 3.54. The van der Waals surface area contributed by atoms with Gasteiger partial charge in [-0.1, -0.05) is 12.1 Å². The molecule has 0 bridgehead atoms. The summed E-state index contributed by atoms with van der Waals surface area (Å²) in [5, 5.41) is 8.75. The van der Waals surface area contributed by atoms with Gasteiger partial charge in [-0.05, 0) is 23.8 Å². The van der Waals surface area contributed by atoms with Crippen LogP contribution in [0.3, 0.4) is 0 Å². The first kappa shape index (κ1) is 12.1. The predicted molar refractivity (Wildman–Crippen MR) is 65.5 cm³/mol. The maximum absolute atomic E-state index is 12.8. The van der Waals surface area contributed by atoms with E-state index < -0.39 is 0 Å². The van der Waals surface area contributed by atoms with Gasteiger partial charge < -0.3 is 4.74 Å². The molecule has 18 heavy (non-hydrogen) atoms. The number of hydrogen-bond acceptors (Lipinski definition) is 3. The van der Waals surface area contributed by atoms with Crippen molar-refractivity contribution in [3.05, 3.63) is 47.9 Å². The molecule has 3 nitrogen and oxygen atoms in total. The van der Waals surface area contributed by atoms with Crippen LogP contribution in [0, 0.1) is 17.1 Å². The summed E-state index contributed by atoms with van der Waals surface area (Å²) in [5.74, 6) is 0.167. The minimum Gasteiger partial charge on any atom is -0.481 e. The number of nitriles is 1. The maximum Gasteiger partial charge on any atom is 0.217 e. The lowest BCUT2D eigenvalue weighted by molar-refractivity contribution is 0.394. The highest BCUT2D eigenvalue weighted by Crippen LogP contribution is 2.24. The molecule has 0 saturated carbocycles. The van der Waals surface area contributed by atoms with Gasteiger partial charge in [0.2, 0.25) is 5.88 Å². The van der Waals surface area contributed by atoms with Crippen molar-refractivity contribution in [2.45, 2.75) is 6.42 Å². The van der Waals surface area contributed by atoms with E-state index in [1.165, 1.54) is 19.2 Å². The van der Waals surface area contributed by atoms with Gasteiger partial charge in [0.1, 0.15) is 5.82 Å². The molecular weight excluding hydrogens is 231 g/mol. The van der Waals surface area contributed by atoms with Gasteiger partial charge in [0.25, 0.3) is 0 Å². The van der Waals surface area contributed by atoms with Crippen molar-refractivity contribution in [3.8, 4) is 23.1 Å². The molecule has 0 N–H and O–H groups in total. The lowest BCUT2D eigenvalue weighted by atomic mass is 10.0. The third-order valence-corrected chi connectivity index (χ3v) is 2.57. The molecule has 90 valence electrons. The number of aromatic nitrogens is 1. The normalized spacial score (nSPS) is 9.83. The number of methoxy groups -OCH3 is 1. The van der Waals surface area contributed by atoms with Crippen LogP contribution in [0.5, 0.6) is 5.88 Å². The number of pyridine rings is 1. The Bertz CT molecular complexity index is 588. The fourth-order valence-electron chi connectivity index (χ4n) is 1.69. The molecule has 0 spiro atoms. The number of benzene rings is 1. The average Bonchev–Trinajstić information content (AvgIpc) is 2.40. The van der Waals surface area contributed by atoms with Crippen LogP contribution in [0.15, 0.2) is 36.5 Å². The molecule has 0 radical (unpaired) electrons. The molecule has 0 amide bonds. The second-order valence-corrected chi connectivity index (χ2v) is 3.73. The first-order valence-corrected chi connectivity index (χ1v) is 5.40. The van der Waals surface area contributed by atoms with Crippen molar-refractivity contribution in [2.24, 2.45) is 0 Å². The second kappa shape index (κ2) is 5.28. The van der Waals surface area contributed by atoms with Crippen molar-refractivity contribution < 1.29 is 9.13 Å². The SMILES string of the molecule is COc1ncc(-c2ccc(F)cc2)cc1CC#N. The van der Waals surface area contributed by atoms with Crippen molar-refractivity contribution in [1.29, 1.82) is 5.26 Å². The number of rotatable bonds is 3. The van der Waals surface area contributed by atoms with Crippen LogP contribution in [0.25, 0.3) is 11.1 Å². The Morgan fingerprint density at radius 1 is 1.28 bits per heavy atom.